The van der Waals surface area contributed by atoms with Gasteiger partial charge in [0.05, 0.1) is 15.8 Å². The Morgan fingerprint density at radius 3 is 2.34 bits per heavy atom. The summed E-state index contributed by atoms with van der Waals surface area (Å²) in [5.74, 6) is -2.36. The van der Waals surface area contributed by atoms with Crippen molar-refractivity contribution >= 4 is 27.5 Å². The van der Waals surface area contributed by atoms with Gasteiger partial charge in [-0.25, -0.2) is 21.9 Å². The maximum atomic E-state index is 15.6. The Morgan fingerprint density at radius 2 is 1.76 bits per heavy atom. The lowest BCUT2D eigenvalue weighted by atomic mass is 9.93. The van der Waals surface area contributed by atoms with Crippen LogP contribution in [0.3, 0.4) is 0 Å². The molecule has 1 N–H and O–H groups in total. The lowest BCUT2D eigenvalue weighted by molar-refractivity contribution is -0.274. The van der Waals surface area contributed by atoms with Crippen LogP contribution in [0, 0.1) is 5.82 Å². The fourth-order valence-electron chi connectivity index (χ4n) is 4.80. The number of hydrogen-bond acceptors (Lipinski definition) is 6. The second-order valence-corrected chi connectivity index (χ2v) is 13.2. The first-order valence-electron chi connectivity index (χ1n) is 13.2. The maximum Gasteiger partial charge on any atom is 0.573 e. The Balaban J connectivity index is 1.18. The van der Waals surface area contributed by atoms with Gasteiger partial charge in [0.2, 0.25) is 10.0 Å². The van der Waals surface area contributed by atoms with Gasteiger partial charge in [0.1, 0.15) is 29.6 Å². The molecule has 0 bridgehead atoms. The average molecular weight is 623 g/mol. The number of benzene rings is 2. The van der Waals surface area contributed by atoms with E-state index < -0.39 is 50.3 Å². The molecule has 1 heterocycles. The van der Waals surface area contributed by atoms with E-state index in [1.165, 1.54) is 18.2 Å². The highest BCUT2D eigenvalue weighted by atomic mass is 35.5. The first kappa shape index (κ1) is 29.8. The molecule has 0 atom stereocenters. The van der Waals surface area contributed by atoms with Crippen molar-refractivity contribution in [2.45, 2.75) is 68.3 Å². The summed E-state index contributed by atoms with van der Waals surface area (Å²) in [5.41, 5.74) is -0.920. The number of nitrogens with one attached hydrogen (secondary N) is 1. The van der Waals surface area contributed by atoms with Crippen LogP contribution in [0.25, 0.3) is 0 Å². The fraction of sp³-hybridized carbons (Fsp3) is 0.519. The quantitative estimate of drug-likeness (QED) is 0.334. The molecule has 41 heavy (non-hydrogen) atoms. The molecule has 224 valence electrons. The zero-order valence-corrected chi connectivity index (χ0v) is 23.3. The van der Waals surface area contributed by atoms with Gasteiger partial charge < -0.3 is 9.47 Å². The molecule has 2 saturated carbocycles. The molecule has 1 saturated heterocycles. The normalized spacial score (nSPS) is 19.6. The van der Waals surface area contributed by atoms with Crippen LogP contribution in [0.5, 0.6) is 11.5 Å². The van der Waals surface area contributed by atoms with Crippen LogP contribution in [-0.4, -0.2) is 56.2 Å². The molecule has 5 rings (SSSR count). The van der Waals surface area contributed by atoms with Gasteiger partial charge in [-0.15, -0.1) is 13.2 Å². The van der Waals surface area contributed by atoms with Crippen LogP contribution < -0.4 is 14.2 Å². The second kappa shape index (κ2) is 11.2. The van der Waals surface area contributed by atoms with Crippen molar-refractivity contribution in [3.05, 3.63) is 57.9 Å². The highest BCUT2D eigenvalue weighted by Gasteiger charge is 2.39. The summed E-state index contributed by atoms with van der Waals surface area (Å²) >= 11 is 5.92. The molecule has 3 aliphatic rings. The van der Waals surface area contributed by atoms with Gasteiger partial charge in [-0.05, 0) is 73.8 Å². The van der Waals surface area contributed by atoms with Crippen LogP contribution >= 0.6 is 11.6 Å². The van der Waals surface area contributed by atoms with E-state index in [4.69, 9.17) is 16.3 Å². The summed E-state index contributed by atoms with van der Waals surface area (Å²) in [6.45, 7) is 0.699. The number of alkyl halides is 4. The van der Waals surface area contributed by atoms with Gasteiger partial charge >= 0.3 is 6.36 Å². The summed E-state index contributed by atoms with van der Waals surface area (Å²) in [5, 5.41) is -0.819. The number of hydrogen-bond donors (Lipinski definition) is 1. The SMILES string of the molecule is O=C(NS(=O)(=O)C1CC1)c1cc(C2CC2)c(OCC2(F)CCN(Cc3ccc(OC(F)(F)F)c(Cl)c3)CC2)cc1F. The topological polar surface area (TPSA) is 84.9 Å². The number of nitrogens with zero attached hydrogens (tertiary/aromatic N) is 1. The minimum Gasteiger partial charge on any atom is -0.490 e. The number of sulfonamides is 1. The van der Waals surface area contributed by atoms with Gasteiger partial charge in [-0.3, -0.25) is 9.69 Å². The molecule has 14 heteroatoms. The Labute approximate surface area is 239 Å². The highest BCUT2D eigenvalue weighted by Crippen LogP contribution is 2.45. The molecule has 2 aromatic carbocycles. The molecule has 0 aromatic heterocycles. The summed E-state index contributed by atoms with van der Waals surface area (Å²) in [6.07, 6.45) is -2.16. The molecule has 1 aliphatic heterocycles. The number of carbonyl (C=O) groups is 1. The van der Waals surface area contributed by atoms with Crippen molar-refractivity contribution in [3.8, 4) is 11.5 Å². The first-order valence-corrected chi connectivity index (χ1v) is 15.1. The van der Waals surface area contributed by atoms with Crippen molar-refractivity contribution in [3.63, 3.8) is 0 Å². The molecular weight excluding hydrogens is 595 g/mol. The summed E-state index contributed by atoms with van der Waals surface area (Å²) in [6, 6.07) is 6.29. The highest BCUT2D eigenvalue weighted by molar-refractivity contribution is 7.91. The third-order valence-corrected chi connectivity index (χ3v) is 9.54. The van der Waals surface area contributed by atoms with E-state index >= 15 is 4.39 Å². The van der Waals surface area contributed by atoms with Gasteiger partial charge in [0.15, 0.2) is 0 Å². The monoisotopic (exact) mass is 622 g/mol. The molecule has 2 aromatic rings. The second-order valence-electron chi connectivity index (χ2n) is 10.8. The van der Waals surface area contributed by atoms with Crippen LogP contribution in [0.15, 0.2) is 30.3 Å². The Bertz CT molecular complexity index is 1420. The van der Waals surface area contributed by atoms with E-state index in [1.807, 2.05) is 9.62 Å². The minimum absolute atomic E-state index is 0.00865. The summed E-state index contributed by atoms with van der Waals surface area (Å²) in [4.78, 5) is 14.5. The van der Waals surface area contributed by atoms with E-state index in [0.29, 0.717) is 43.6 Å². The number of amides is 1. The molecule has 1 amide bonds. The van der Waals surface area contributed by atoms with Gasteiger partial charge in [-0.1, -0.05) is 17.7 Å². The fourth-order valence-corrected chi connectivity index (χ4v) is 6.34. The van der Waals surface area contributed by atoms with E-state index in [2.05, 4.69) is 4.74 Å². The van der Waals surface area contributed by atoms with Crippen molar-refractivity contribution in [2.75, 3.05) is 19.7 Å². The Hall–Kier alpha value is -2.64. The number of carbonyl (C=O) groups excluding carboxylic acids is 1. The predicted octanol–water partition coefficient (Wildman–Crippen LogP) is 5.86. The largest absolute Gasteiger partial charge is 0.573 e. The predicted molar refractivity (Wildman–Crippen MR) is 140 cm³/mol. The van der Waals surface area contributed by atoms with Crippen LogP contribution in [-0.2, 0) is 16.6 Å². The van der Waals surface area contributed by atoms with Crippen LogP contribution in [0.2, 0.25) is 5.02 Å². The van der Waals surface area contributed by atoms with E-state index in [0.717, 1.165) is 25.0 Å². The molecule has 0 unspecified atom stereocenters. The smallest absolute Gasteiger partial charge is 0.490 e. The van der Waals surface area contributed by atoms with E-state index in [9.17, 15) is 30.8 Å². The van der Waals surface area contributed by atoms with E-state index in [1.54, 1.807) is 0 Å². The minimum atomic E-state index is -4.86. The van der Waals surface area contributed by atoms with Crippen LogP contribution in [0.1, 0.15) is 65.9 Å². The number of likely N-dealkylation sites (tertiary alicyclic amines) is 1. The molecule has 7 nitrogen and oxygen atoms in total. The van der Waals surface area contributed by atoms with Crippen molar-refractivity contribution in [1.29, 1.82) is 0 Å². The number of ether oxygens (including phenoxy) is 2. The van der Waals surface area contributed by atoms with E-state index in [-0.39, 0.29) is 36.1 Å². The molecular formula is C27H28ClF5N2O5S. The third kappa shape index (κ3) is 7.61. The molecule has 0 spiro atoms. The first-order chi connectivity index (χ1) is 19.2. The average Bonchev–Trinajstić information content (AvgIpc) is 3.78. The van der Waals surface area contributed by atoms with Crippen molar-refractivity contribution in [2.24, 2.45) is 0 Å². The van der Waals surface area contributed by atoms with Crippen molar-refractivity contribution < 1.29 is 44.6 Å². The van der Waals surface area contributed by atoms with Crippen LogP contribution in [0.4, 0.5) is 22.0 Å². The van der Waals surface area contributed by atoms with Gasteiger partial charge in [0.25, 0.3) is 5.91 Å². The van der Waals surface area contributed by atoms with Gasteiger partial charge in [0, 0.05) is 25.7 Å². The summed E-state index contributed by atoms with van der Waals surface area (Å²) in [7, 11) is -3.85. The lowest BCUT2D eigenvalue weighted by Crippen LogP contribution is -2.44. The zero-order valence-electron chi connectivity index (χ0n) is 21.8. The molecule has 3 fully saturated rings. The molecule has 0 radical (unpaired) electrons. The number of piperidine rings is 1. The Kier molecular flexibility index (Phi) is 8.16. The van der Waals surface area contributed by atoms with Crippen molar-refractivity contribution in [1.82, 2.24) is 9.62 Å². The maximum absolute atomic E-state index is 15.6. The standard InChI is InChI=1S/C27H28ClF5N2O5S/c28-21-11-16(1-6-23(21)40-27(31,32)33)14-35-9-7-26(30,8-10-35)15-39-24-13-22(29)20(12-19(24)17-2-3-17)25(36)34-41(37,38)18-4-5-18/h1,6,11-13,17-18H,2-5,7-10,14-15H2,(H,34,36). The Morgan fingerprint density at radius 1 is 1.07 bits per heavy atom. The van der Waals surface area contributed by atoms with Gasteiger partial charge in [-0.2, -0.15) is 0 Å². The summed E-state index contributed by atoms with van der Waals surface area (Å²) < 4.78 is 104. The lowest BCUT2D eigenvalue weighted by Gasteiger charge is -2.36. The molecule has 2 aliphatic carbocycles. The zero-order chi connectivity index (χ0) is 29.6. The number of halogens is 6. The number of rotatable bonds is 10. The third-order valence-electron chi connectivity index (χ3n) is 7.43.